The third-order valence-corrected chi connectivity index (χ3v) is 8.89. The molecule has 4 unspecified atom stereocenters. The number of carbonyl (C=O) groups excluding carboxylic acids is 1. The lowest BCUT2D eigenvalue weighted by molar-refractivity contribution is -0.132. The summed E-state index contributed by atoms with van der Waals surface area (Å²) in [6.45, 7) is 3.98. The molecule has 45 heavy (non-hydrogen) atoms. The topological polar surface area (TPSA) is 110 Å². The van der Waals surface area contributed by atoms with E-state index in [1.807, 2.05) is 0 Å². The van der Waals surface area contributed by atoms with E-state index < -0.39 is 36.9 Å². The molecule has 6 nitrogen and oxygen atoms in total. The predicted molar refractivity (Wildman–Crippen MR) is 191 cm³/mol. The number of unbranched alkanes of at least 4 members (excludes halogenated alkanes) is 21. The van der Waals surface area contributed by atoms with Crippen molar-refractivity contribution < 1.29 is 25.2 Å². The predicted octanol–water partition coefficient (Wildman–Crippen LogP) is 9.23. The van der Waals surface area contributed by atoms with E-state index in [0.29, 0.717) is 19.3 Å². The highest BCUT2D eigenvalue weighted by Gasteiger charge is 2.28. The van der Waals surface area contributed by atoms with Crippen molar-refractivity contribution in [3.8, 4) is 0 Å². The number of hydrogen-bond acceptors (Lipinski definition) is 5. The van der Waals surface area contributed by atoms with Crippen molar-refractivity contribution in [2.24, 2.45) is 0 Å². The molecule has 0 bridgehead atoms. The smallest absolute Gasteiger partial charge is 0.249 e. The Hall–Kier alpha value is -1.21. The Morgan fingerprint density at radius 3 is 1.40 bits per heavy atom. The van der Waals surface area contributed by atoms with Crippen molar-refractivity contribution >= 4 is 5.91 Å². The second kappa shape index (κ2) is 34.1. The molecule has 0 saturated heterocycles. The van der Waals surface area contributed by atoms with Gasteiger partial charge in [0.15, 0.2) is 0 Å². The minimum atomic E-state index is -1.28. The monoisotopic (exact) mass is 638 g/mol. The molecule has 0 heterocycles. The van der Waals surface area contributed by atoms with Gasteiger partial charge in [0.05, 0.1) is 18.8 Å². The van der Waals surface area contributed by atoms with E-state index in [0.717, 1.165) is 38.5 Å². The van der Waals surface area contributed by atoms with Crippen LogP contribution in [0.3, 0.4) is 0 Å². The van der Waals surface area contributed by atoms with Crippen LogP contribution < -0.4 is 5.32 Å². The molecule has 0 aromatic rings. The fourth-order valence-electron chi connectivity index (χ4n) is 5.77. The molecule has 0 spiro atoms. The van der Waals surface area contributed by atoms with Gasteiger partial charge in [0, 0.05) is 0 Å². The van der Waals surface area contributed by atoms with Crippen LogP contribution in [0, 0.1) is 0 Å². The first-order chi connectivity index (χ1) is 22.0. The zero-order valence-corrected chi connectivity index (χ0v) is 29.6. The average Bonchev–Trinajstić information content (AvgIpc) is 3.04. The highest BCUT2D eigenvalue weighted by Crippen LogP contribution is 2.14. The highest BCUT2D eigenvalue weighted by molar-refractivity contribution is 5.80. The molecule has 0 aliphatic carbocycles. The number of amides is 1. The molecule has 0 aliphatic heterocycles. The molecule has 0 aromatic carbocycles. The lowest BCUT2D eigenvalue weighted by Crippen LogP contribution is -2.53. The van der Waals surface area contributed by atoms with Crippen LogP contribution in [0.2, 0.25) is 0 Å². The van der Waals surface area contributed by atoms with E-state index in [1.54, 1.807) is 0 Å². The van der Waals surface area contributed by atoms with Crippen LogP contribution in [0.15, 0.2) is 24.3 Å². The minimum absolute atomic E-state index is 0.360. The summed E-state index contributed by atoms with van der Waals surface area (Å²) < 4.78 is 0. The Bertz CT molecular complexity index is 682. The molecule has 0 aliphatic rings. The average molecular weight is 638 g/mol. The maximum absolute atomic E-state index is 12.4. The van der Waals surface area contributed by atoms with Gasteiger partial charge in [-0.1, -0.05) is 160 Å². The molecule has 0 rings (SSSR count). The van der Waals surface area contributed by atoms with Crippen LogP contribution in [0.5, 0.6) is 0 Å². The Balaban J connectivity index is 3.81. The lowest BCUT2D eigenvalue weighted by Gasteiger charge is -2.27. The maximum atomic E-state index is 12.4. The lowest BCUT2D eigenvalue weighted by atomic mass is 10.00. The zero-order valence-electron chi connectivity index (χ0n) is 29.6. The second-order valence-corrected chi connectivity index (χ2v) is 13.3. The van der Waals surface area contributed by atoms with E-state index in [2.05, 4.69) is 43.5 Å². The van der Waals surface area contributed by atoms with Gasteiger partial charge in [0.25, 0.3) is 0 Å². The fraction of sp³-hybridized carbons (Fsp3) is 0.872. The highest BCUT2D eigenvalue weighted by atomic mass is 16.3. The molecule has 1 amide bonds. The maximum Gasteiger partial charge on any atom is 0.249 e. The first-order valence-corrected chi connectivity index (χ1v) is 19.2. The third-order valence-electron chi connectivity index (χ3n) is 8.89. The van der Waals surface area contributed by atoms with E-state index in [1.165, 1.54) is 116 Å². The van der Waals surface area contributed by atoms with Crippen molar-refractivity contribution in [3.05, 3.63) is 24.3 Å². The Labute approximate surface area is 278 Å². The quantitative estimate of drug-likeness (QED) is 0.0357. The molecular weight excluding hydrogens is 562 g/mol. The van der Waals surface area contributed by atoms with Crippen LogP contribution in [0.4, 0.5) is 0 Å². The molecule has 0 fully saturated rings. The summed E-state index contributed by atoms with van der Waals surface area (Å²) in [5.41, 5.74) is 0. The van der Waals surface area contributed by atoms with Crippen molar-refractivity contribution in [3.63, 3.8) is 0 Å². The number of nitrogens with one attached hydrogen (secondary N) is 1. The summed E-state index contributed by atoms with van der Waals surface area (Å²) in [5.74, 6) is -0.602. The van der Waals surface area contributed by atoms with Crippen LogP contribution in [-0.4, -0.2) is 57.3 Å². The van der Waals surface area contributed by atoms with Gasteiger partial charge in [-0.3, -0.25) is 4.79 Å². The number of hydrogen-bond donors (Lipinski definition) is 5. The standard InChI is InChI=1S/C39H75NO5/c1-3-5-7-9-11-13-14-15-16-17-18-19-20-21-22-23-24-25-27-28-30-32-36(42)38(44)35(34-41)40-39(45)37(43)33-31-29-26-12-10-8-6-4-2/h21-22,25,27,35-38,41-44H,3-20,23-24,26,28-34H2,1-2H3,(H,40,45)/b22-21+,27-25+. The first kappa shape index (κ1) is 43.8. The third kappa shape index (κ3) is 28.7. The van der Waals surface area contributed by atoms with Crippen LogP contribution >= 0.6 is 0 Å². The summed E-state index contributed by atoms with van der Waals surface area (Å²) in [7, 11) is 0. The summed E-state index contributed by atoms with van der Waals surface area (Å²) in [5, 5.41) is 43.3. The van der Waals surface area contributed by atoms with Gasteiger partial charge >= 0.3 is 0 Å². The molecule has 0 aromatic heterocycles. The van der Waals surface area contributed by atoms with E-state index >= 15 is 0 Å². The van der Waals surface area contributed by atoms with Gasteiger partial charge in [-0.2, -0.15) is 0 Å². The number of carbonyl (C=O) groups is 1. The van der Waals surface area contributed by atoms with Gasteiger partial charge < -0.3 is 25.7 Å². The molecule has 4 atom stereocenters. The SMILES string of the molecule is CCCCCCCCCCCCCC/C=C/CC/C=C/CCCC(O)C(O)C(CO)NC(=O)C(O)CCCCCCCCCC. The Morgan fingerprint density at radius 1 is 0.533 bits per heavy atom. The number of aliphatic hydroxyl groups is 4. The summed E-state index contributed by atoms with van der Waals surface area (Å²) in [6, 6.07) is -1.00. The summed E-state index contributed by atoms with van der Waals surface area (Å²) in [6.07, 6.45) is 36.5. The molecule has 6 heteroatoms. The van der Waals surface area contributed by atoms with Crippen LogP contribution in [-0.2, 0) is 4.79 Å². The van der Waals surface area contributed by atoms with Crippen LogP contribution in [0.1, 0.15) is 187 Å². The normalized spacial score (nSPS) is 14.7. The molecule has 266 valence electrons. The van der Waals surface area contributed by atoms with Crippen molar-refractivity contribution in [1.82, 2.24) is 5.32 Å². The van der Waals surface area contributed by atoms with Gasteiger partial charge in [-0.15, -0.1) is 0 Å². The van der Waals surface area contributed by atoms with Crippen molar-refractivity contribution in [2.75, 3.05) is 6.61 Å². The first-order valence-electron chi connectivity index (χ1n) is 19.2. The van der Waals surface area contributed by atoms with Gasteiger partial charge in [0.1, 0.15) is 12.2 Å². The minimum Gasteiger partial charge on any atom is -0.394 e. The zero-order chi connectivity index (χ0) is 33.2. The summed E-state index contributed by atoms with van der Waals surface area (Å²) >= 11 is 0. The number of allylic oxidation sites excluding steroid dienone is 4. The van der Waals surface area contributed by atoms with Gasteiger partial charge in [0.2, 0.25) is 5.91 Å². The van der Waals surface area contributed by atoms with E-state index in [4.69, 9.17) is 0 Å². The second-order valence-electron chi connectivity index (χ2n) is 13.3. The van der Waals surface area contributed by atoms with Crippen molar-refractivity contribution in [1.29, 1.82) is 0 Å². The van der Waals surface area contributed by atoms with E-state index in [9.17, 15) is 25.2 Å². The molecule has 0 saturated carbocycles. The largest absolute Gasteiger partial charge is 0.394 e. The van der Waals surface area contributed by atoms with Crippen LogP contribution in [0.25, 0.3) is 0 Å². The Morgan fingerprint density at radius 2 is 0.933 bits per heavy atom. The number of aliphatic hydroxyl groups excluding tert-OH is 4. The van der Waals surface area contributed by atoms with Gasteiger partial charge in [-0.25, -0.2) is 0 Å². The Kier molecular flexibility index (Phi) is 33.2. The van der Waals surface area contributed by atoms with E-state index in [-0.39, 0.29) is 0 Å². The van der Waals surface area contributed by atoms with Gasteiger partial charge in [-0.05, 0) is 51.4 Å². The number of rotatable bonds is 34. The molecule has 0 radical (unpaired) electrons. The summed E-state index contributed by atoms with van der Waals surface area (Å²) in [4.78, 5) is 12.4. The fourth-order valence-corrected chi connectivity index (χ4v) is 5.77. The molecule has 5 N–H and O–H groups in total. The molecular formula is C39H75NO5. The van der Waals surface area contributed by atoms with Crippen molar-refractivity contribution in [2.45, 2.75) is 212 Å².